The molecule has 0 aromatic heterocycles. The molecule has 0 aliphatic heterocycles. The van der Waals surface area contributed by atoms with E-state index in [1.807, 2.05) is 0 Å². The molecule has 1 N–H and O–H groups in total. The van der Waals surface area contributed by atoms with Crippen molar-refractivity contribution in [3.05, 3.63) is 35.6 Å². The van der Waals surface area contributed by atoms with E-state index in [0.717, 1.165) is 31.2 Å². The normalized spacial score (nSPS) is 29.6. The Kier molecular flexibility index (Phi) is 3.29. The van der Waals surface area contributed by atoms with Gasteiger partial charge in [0.1, 0.15) is 5.82 Å². The Morgan fingerprint density at radius 3 is 2.69 bits per heavy atom. The first-order valence-electron chi connectivity index (χ1n) is 6.11. The predicted molar refractivity (Wildman–Crippen MR) is 62.7 cm³/mol. The summed E-state index contributed by atoms with van der Waals surface area (Å²) in [6.07, 6.45) is 4.79. The van der Waals surface area contributed by atoms with E-state index in [1.54, 1.807) is 12.1 Å². The topological polar surface area (TPSA) is 20.2 Å². The number of hydrogen-bond acceptors (Lipinski definition) is 1. The van der Waals surface area contributed by atoms with Crippen molar-refractivity contribution >= 4 is 0 Å². The first-order valence-corrected chi connectivity index (χ1v) is 6.11. The summed E-state index contributed by atoms with van der Waals surface area (Å²) < 4.78 is 12.8. The zero-order valence-electron chi connectivity index (χ0n) is 9.75. The monoisotopic (exact) mass is 222 g/mol. The summed E-state index contributed by atoms with van der Waals surface area (Å²) >= 11 is 0. The van der Waals surface area contributed by atoms with Gasteiger partial charge in [-0.1, -0.05) is 31.9 Å². The van der Waals surface area contributed by atoms with Gasteiger partial charge in [-0.2, -0.15) is 0 Å². The van der Waals surface area contributed by atoms with E-state index in [-0.39, 0.29) is 5.82 Å². The number of aliphatic hydroxyl groups is 1. The minimum atomic E-state index is -0.563. The number of hydrogen-bond donors (Lipinski definition) is 1. The molecule has 88 valence electrons. The fourth-order valence-electron chi connectivity index (χ4n) is 2.90. The molecule has 2 unspecified atom stereocenters. The van der Waals surface area contributed by atoms with Crippen molar-refractivity contribution in [3.8, 4) is 0 Å². The molecule has 1 saturated carbocycles. The lowest BCUT2D eigenvalue weighted by Crippen LogP contribution is -2.35. The Morgan fingerprint density at radius 1 is 1.38 bits per heavy atom. The van der Waals surface area contributed by atoms with Gasteiger partial charge in [-0.15, -0.1) is 0 Å². The SMILES string of the molecule is CCC1CCCC1(O)Cc1ccc(F)cc1. The molecule has 0 bridgehead atoms. The minimum absolute atomic E-state index is 0.214. The van der Waals surface area contributed by atoms with Crippen LogP contribution in [-0.2, 0) is 6.42 Å². The van der Waals surface area contributed by atoms with Crippen LogP contribution in [0.15, 0.2) is 24.3 Å². The molecule has 1 aliphatic carbocycles. The molecule has 16 heavy (non-hydrogen) atoms. The third-order valence-electron chi connectivity index (χ3n) is 3.84. The van der Waals surface area contributed by atoms with Crippen molar-refractivity contribution < 1.29 is 9.50 Å². The van der Waals surface area contributed by atoms with Gasteiger partial charge in [0, 0.05) is 6.42 Å². The summed E-state index contributed by atoms with van der Waals surface area (Å²) in [7, 11) is 0. The summed E-state index contributed by atoms with van der Waals surface area (Å²) in [5, 5.41) is 10.6. The Hall–Kier alpha value is -0.890. The Labute approximate surface area is 96.3 Å². The van der Waals surface area contributed by atoms with E-state index < -0.39 is 5.60 Å². The van der Waals surface area contributed by atoms with Gasteiger partial charge in [0.2, 0.25) is 0 Å². The van der Waals surface area contributed by atoms with Crippen LogP contribution in [0, 0.1) is 11.7 Å². The first kappa shape index (κ1) is 11.6. The molecule has 1 nitrogen and oxygen atoms in total. The van der Waals surface area contributed by atoms with Crippen molar-refractivity contribution in [2.24, 2.45) is 5.92 Å². The van der Waals surface area contributed by atoms with Crippen molar-refractivity contribution in [3.63, 3.8) is 0 Å². The average Bonchev–Trinajstić information content (AvgIpc) is 2.63. The highest BCUT2D eigenvalue weighted by atomic mass is 19.1. The molecular formula is C14H19FO. The van der Waals surface area contributed by atoms with Crippen molar-refractivity contribution in [2.75, 3.05) is 0 Å². The van der Waals surface area contributed by atoms with E-state index in [4.69, 9.17) is 0 Å². The average molecular weight is 222 g/mol. The summed E-state index contributed by atoms with van der Waals surface area (Å²) in [4.78, 5) is 0. The molecule has 0 radical (unpaired) electrons. The fourth-order valence-corrected chi connectivity index (χ4v) is 2.90. The van der Waals surface area contributed by atoms with Crippen LogP contribution >= 0.6 is 0 Å². The van der Waals surface area contributed by atoms with Gasteiger partial charge >= 0.3 is 0 Å². The number of rotatable bonds is 3. The molecule has 2 atom stereocenters. The summed E-state index contributed by atoms with van der Waals surface area (Å²) in [6.45, 7) is 2.13. The molecule has 0 amide bonds. The van der Waals surface area contributed by atoms with Crippen LogP contribution in [0.2, 0.25) is 0 Å². The van der Waals surface area contributed by atoms with Gasteiger partial charge in [-0.05, 0) is 36.5 Å². The fraction of sp³-hybridized carbons (Fsp3) is 0.571. The molecular weight excluding hydrogens is 203 g/mol. The van der Waals surface area contributed by atoms with Gasteiger partial charge in [-0.25, -0.2) is 4.39 Å². The molecule has 0 saturated heterocycles. The highest BCUT2D eigenvalue weighted by molar-refractivity contribution is 5.19. The molecule has 2 rings (SSSR count). The second kappa shape index (κ2) is 4.54. The second-order valence-electron chi connectivity index (χ2n) is 4.90. The quantitative estimate of drug-likeness (QED) is 0.832. The maximum absolute atomic E-state index is 12.8. The third kappa shape index (κ3) is 2.27. The third-order valence-corrected chi connectivity index (χ3v) is 3.84. The maximum Gasteiger partial charge on any atom is 0.123 e. The molecule has 0 spiro atoms. The molecule has 0 heterocycles. The number of benzene rings is 1. The van der Waals surface area contributed by atoms with E-state index in [0.29, 0.717) is 12.3 Å². The van der Waals surface area contributed by atoms with Crippen LogP contribution in [-0.4, -0.2) is 10.7 Å². The van der Waals surface area contributed by atoms with Crippen LogP contribution in [0.25, 0.3) is 0 Å². The Bertz CT molecular complexity index is 346. The van der Waals surface area contributed by atoms with E-state index in [9.17, 15) is 9.50 Å². The van der Waals surface area contributed by atoms with Gasteiger partial charge in [0.15, 0.2) is 0 Å². The largest absolute Gasteiger partial charge is 0.389 e. The van der Waals surface area contributed by atoms with Gasteiger partial charge in [0.25, 0.3) is 0 Å². The second-order valence-corrected chi connectivity index (χ2v) is 4.90. The van der Waals surface area contributed by atoms with Crippen LogP contribution in [0.4, 0.5) is 4.39 Å². The van der Waals surface area contributed by atoms with E-state index in [1.165, 1.54) is 12.1 Å². The highest BCUT2D eigenvalue weighted by Gasteiger charge is 2.39. The molecule has 2 heteroatoms. The standard InChI is InChI=1S/C14H19FO/c1-2-12-4-3-9-14(12,16)10-11-5-7-13(15)8-6-11/h5-8,12,16H,2-4,9-10H2,1H3. The lowest BCUT2D eigenvalue weighted by atomic mass is 9.83. The van der Waals surface area contributed by atoms with Gasteiger partial charge < -0.3 is 5.11 Å². The Balaban J connectivity index is 2.11. The van der Waals surface area contributed by atoms with Gasteiger partial charge in [0.05, 0.1) is 5.60 Å². The smallest absolute Gasteiger partial charge is 0.123 e. The zero-order chi connectivity index (χ0) is 11.6. The van der Waals surface area contributed by atoms with Crippen LogP contribution in [0.5, 0.6) is 0 Å². The van der Waals surface area contributed by atoms with Crippen molar-refractivity contribution in [1.82, 2.24) is 0 Å². The van der Waals surface area contributed by atoms with Crippen LogP contribution in [0.1, 0.15) is 38.2 Å². The lowest BCUT2D eigenvalue weighted by molar-refractivity contribution is 0.00146. The predicted octanol–water partition coefficient (Wildman–Crippen LogP) is 3.31. The maximum atomic E-state index is 12.8. The molecule has 1 aliphatic rings. The molecule has 1 aromatic carbocycles. The van der Waals surface area contributed by atoms with Crippen molar-refractivity contribution in [1.29, 1.82) is 0 Å². The van der Waals surface area contributed by atoms with E-state index in [2.05, 4.69) is 6.92 Å². The summed E-state index contributed by atoms with van der Waals surface area (Å²) in [6, 6.07) is 6.49. The zero-order valence-corrected chi connectivity index (χ0v) is 9.75. The minimum Gasteiger partial charge on any atom is -0.389 e. The number of halogens is 1. The Morgan fingerprint density at radius 2 is 2.06 bits per heavy atom. The first-order chi connectivity index (χ1) is 7.64. The van der Waals surface area contributed by atoms with Crippen LogP contribution in [0.3, 0.4) is 0 Å². The molecule has 1 aromatic rings. The highest BCUT2D eigenvalue weighted by Crippen LogP contribution is 2.39. The van der Waals surface area contributed by atoms with Crippen LogP contribution < -0.4 is 0 Å². The summed E-state index contributed by atoms with van der Waals surface area (Å²) in [5.41, 5.74) is 0.469. The van der Waals surface area contributed by atoms with Crippen molar-refractivity contribution in [2.45, 2.75) is 44.6 Å². The van der Waals surface area contributed by atoms with Gasteiger partial charge in [-0.3, -0.25) is 0 Å². The lowest BCUT2D eigenvalue weighted by Gasteiger charge is -2.29. The summed E-state index contributed by atoms with van der Waals surface area (Å²) in [5.74, 6) is 0.187. The van der Waals surface area contributed by atoms with E-state index >= 15 is 0 Å². The molecule has 1 fully saturated rings.